The average molecular weight is 343 g/mol. The van der Waals surface area contributed by atoms with Gasteiger partial charge in [0.15, 0.2) is 0 Å². The lowest BCUT2D eigenvalue weighted by Crippen LogP contribution is -2.36. The lowest BCUT2D eigenvalue weighted by molar-refractivity contribution is -0.122. The molecule has 1 fully saturated rings. The molecule has 1 aromatic heterocycles. The first kappa shape index (κ1) is 17.0. The van der Waals surface area contributed by atoms with Gasteiger partial charge in [0.05, 0.1) is 6.54 Å². The minimum absolute atomic E-state index is 0.107. The third kappa shape index (κ3) is 4.16. The molecule has 0 saturated carbocycles. The Morgan fingerprint density at radius 1 is 1.29 bits per heavy atom. The molecule has 128 valence electrons. The molecule has 2 aromatic rings. The number of thiophene rings is 1. The number of likely N-dealkylation sites (tertiary alicyclic amines) is 1. The molecule has 1 N–H and O–H groups in total. The summed E-state index contributed by atoms with van der Waals surface area (Å²) in [4.78, 5) is 18.1. The molecule has 0 spiro atoms. The van der Waals surface area contributed by atoms with Crippen LogP contribution < -0.4 is 10.2 Å². The van der Waals surface area contributed by atoms with E-state index in [-0.39, 0.29) is 5.91 Å². The second-order valence-electron chi connectivity index (χ2n) is 6.48. The summed E-state index contributed by atoms with van der Waals surface area (Å²) in [6.07, 6.45) is 2.32. The van der Waals surface area contributed by atoms with Gasteiger partial charge in [-0.2, -0.15) is 0 Å². The summed E-state index contributed by atoms with van der Waals surface area (Å²) in [5.41, 5.74) is 2.30. The van der Waals surface area contributed by atoms with Gasteiger partial charge in [-0.3, -0.25) is 9.69 Å². The van der Waals surface area contributed by atoms with Crippen LogP contribution in [0.25, 0.3) is 0 Å². The van der Waals surface area contributed by atoms with Crippen LogP contribution in [0.15, 0.2) is 41.8 Å². The average Bonchev–Trinajstić information content (AvgIpc) is 3.24. The molecular weight excluding hydrogens is 318 g/mol. The summed E-state index contributed by atoms with van der Waals surface area (Å²) in [7, 11) is 4.05. The number of benzene rings is 1. The summed E-state index contributed by atoms with van der Waals surface area (Å²) in [5.74, 6) is 0.107. The first-order valence-corrected chi connectivity index (χ1v) is 9.32. The van der Waals surface area contributed by atoms with Crippen LogP contribution in [0, 0.1) is 0 Å². The number of amides is 1. The number of hydrogen-bond donors (Lipinski definition) is 1. The van der Waals surface area contributed by atoms with Crippen LogP contribution in [0.5, 0.6) is 0 Å². The van der Waals surface area contributed by atoms with Gasteiger partial charge in [-0.1, -0.05) is 18.2 Å². The highest BCUT2D eigenvalue weighted by molar-refractivity contribution is 7.10. The van der Waals surface area contributed by atoms with E-state index in [0.717, 1.165) is 18.5 Å². The molecule has 1 saturated heterocycles. The number of nitrogens with zero attached hydrogens (tertiary/aromatic N) is 2. The third-order valence-corrected chi connectivity index (χ3v) is 5.50. The highest BCUT2D eigenvalue weighted by Gasteiger charge is 2.27. The Hall–Kier alpha value is -1.85. The minimum Gasteiger partial charge on any atom is -0.378 e. The maximum Gasteiger partial charge on any atom is 0.234 e. The van der Waals surface area contributed by atoms with Crippen LogP contribution in [-0.2, 0) is 11.3 Å². The van der Waals surface area contributed by atoms with Gasteiger partial charge in [-0.25, -0.2) is 0 Å². The van der Waals surface area contributed by atoms with Gasteiger partial charge in [0.1, 0.15) is 0 Å². The summed E-state index contributed by atoms with van der Waals surface area (Å²) in [5, 5.41) is 5.16. The van der Waals surface area contributed by atoms with Gasteiger partial charge in [0.25, 0.3) is 0 Å². The van der Waals surface area contributed by atoms with E-state index in [1.54, 1.807) is 11.3 Å². The van der Waals surface area contributed by atoms with Crippen molar-refractivity contribution in [3.63, 3.8) is 0 Å². The number of hydrogen-bond acceptors (Lipinski definition) is 4. The van der Waals surface area contributed by atoms with Crippen molar-refractivity contribution in [1.29, 1.82) is 0 Å². The fraction of sp³-hybridized carbons (Fsp3) is 0.421. The van der Waals surface area contributed by atoms with Crippen molar-refractivity contribution in [3.05, 3.63) is 52.2 Å². The second kappa shape index (κ2) is 7.81. The fourth-order valence-electron chi connectivity index (χ4n) is 3.17. The number of carbonyl (C=O) groups excluding carboxylic acids is 1. The molecule has 1 amide bonds. The van der Waals surface area contributed by atoms with E-state index in [9.17, 15) is 4.79 Å². The third-order valence-electron chi connectivity index (χ3n) is 4.52. The predicted molar refractivity (Wildman–Crippen MR) is 100 cm³/mol. The van der Waals surface area contributed by atoms with Crippen LogP contribution in [-0.4, -0.2) is 38.0 Å². The lowest BCUT2D eigenvalue weighted by Gasteiger charge is -2.23. The smallest absolute Gasteiger partial charge is 0.234 e. The normalized spacial score (nSPS) is 17.8. The topological polar surface area (TPSA) is 35.6 Å². The quantitative estimate of drug-likeness (QED) is 0.874. The van der Waals surface area contributed by atoms with Crippen molar-refractivity contribution in [3.8, 4) is 0 Å². The Labute approximate surface area is 148 Å². The Balaban J connectivity index is 1.50. The molecule has 2 heterocycles. The summed E-state index contributed by atoms with van der Waals surface area (Å²) in [6.45, 7) is 2.08. The molecule has 1 aromatic carbocycles. The van der Waals surface area contributed by atoms with Gasteiger partial charge < -0.3 is 10.2 Å². The summed E-state index contributed by atoms with van der Waals surface area (Å²) >= 11 is 1.79. The van der Waals surface area contributed by atoms with Crippen LogP contribution in [0.3, 0.4) is 0 Å². The van der Waals surface area contributed by atoms with E-state index in [4.69, 9.17) is 0 Å². The Bertz CT molecular complexity index is 652. The molecule has 0 aliphatic carbocycles. The number of nitrogens with one attached hydrogen (secondary N) is 1. The van der Waals surface area contributed by atoms with Gasteiger partial charge in [-0.15, -0.1) is 11.3 Å². The van der Waals surface area contributed by atoms with Crippen molar-refractivity contribution >= 4 is 22.9 Å². The Kier molecular flexibility index (Phi) is 5.53. The number of carbonyl (C=O) groups is 1. The largest absolute Gasteiger partial charge is 0.378 e. The second-order valence-corrected chi connectivity index (χ2v) is 7.46. The molecule has 0 bridgehead atoms. The van der Waals surface area contributed by atoms with Crippen molar-refractivity contribution in [2.24, 2.45) is 0 Å². The molecule has 1 atom stereocenters. The van der Waals surface area contributed by atoms with Crippen LogP contribution in [0.1, 0.15) is 29.3 Å². The van der Waals surface area contributed by atoms with E-state index in [0.29, 0.717) is 19.1 Å². The fourth-order valence-corrected chi connectivity index (χ4v) is 4.07. The van der Waals surface area contributed by atoms with Crippen molar-refractivity contribution < 1.29 is 4.79 Å². The first-order chi connectivity index (χ1) is 11.6. The summed E-state index contributed by atoms with van der Waals surface area (Å²) < 4.78 is 0. The van der Waals surface area contributed by atoms with Crippen molar-refractivity contribution in [2.45, 2.75) is 25.4 Å². The van der Waals surface area contributed by atoms with Crippen LogP contribution in [0.2, 0.25) is 0 Å². The molecule has 5 heteroatoms. The van der Waals surface area contributed by atoms with E-state index >= 15 is 0 Å². The monoisotopic (exact) mass is 343 g/mol. The molecular formula is C19H25N3OS. The highest BCUT2D eigenvalue weighted by Crippen LogP contribution is 2.33. The van der Waals surface area contributed by atoms with E-state index in [2.05, 4.69) is 56.9 Å². The SMILES string of the molecule is CN(C)c1ccc(CNC(=O)CN2CCC[C@H]2c2cccs2)cc1. The Morgan fingerprint density at radius 2 is 2.08 bits per heavy atom. The zero-order valence-corrected chi connectivity index (χ0v) is 15.2. The van der Waals surface area contributed by atoms with E-state index in [1.807, 2.05) is 14.1 Å². The van der Waals surface area contributed by atoms with Gasteiger partial charge in [0, 0.05) is 37.2 Å². The summed E-state index contributed by atoms with van der Waals surface area (Å²) in [6, 6.07) is 13.0. The molecule has 1 aliphatic rings. The van der Waals surface area contributed by atoms with Gasteiger partial charge >= 0.3 is 0 Å². The first-order valence-electron chi connectivity index (χ1n) is 8.44. The van der Waals surface area contributed by atoms with Crippen LogP contribution >= 0.6 is 11.3 Å². The molecule has 0 radical (unpaired) electrons. The van der Waals surface area contributed by atoms with Gasteiger partial charge in [0.2, 0.25) is 5.91 Å². The zero-order valence-electron chi connectivity index (χ0n) is 14.4. The maximum absolute atomic E-state index is 12.3. The van der Waals surface area contributed by atoms with Crippen LogP contribution in [0.4, 0.5) is 5.69 Å². The molecule has 1 aliphatic heterocycles. The molecule has 24 heavy (non-hydrogen) atoms. The number of anilines is 1. The maximum atomic E-state index is 12.3. The highest BCUT2D eigenvalue weighted by atomic mass is 32.1. The van der Waals surface area contributed by atoms with E-state index < -0.39 is 0 Å². The predicted octanol–water partition coefficient (Wildman–Crippen LogP) is 3.27. The van der Waals surface area contributed by atoms with Crippen molar-refractivity contribution in [1.82, 2.24) is 10.2 Å². The van der Waals surface area contributed by atoms with Crippen molar-refractivity contribution in [2.75, 3.05) is 32.1 Å². The Morgan fingerprint density at radius 3 is 2.75 bits per heavy atom. The zero-order chi connectivity index (χ0) is 16.9. The molecule has 3 rings (SSSR count). The lowest BCUT2D eigenvalue weighted by atomic mass is 10.2. The minimum atomic E-state index is 0.107. The number of rotatable bonds is 6. The molecule has 4 nitrogen and oxygen atoms in total. The molecule has 0 unspecified atom stereocenters. The standard InChI is InChI=1S/C19H25N3OS/c1-21(2)16-9-7-15(8-10-16)13-20-19(23)14-22-11-3-5-17(22)18-6-4-12-24-18/h4,6-10,12,17H,3,5,11,13-14H2,1-2H3,(H,20,23)/t17-/m0/s1. The van der Waals surface area contributed by atoms with Gasteiger partial charge in [-0.05, 0) is 48.5 Å². The van der Waals surface area contributed by atoms with E-state index in [1.165, 1.54) is 17.0 Å².